The third-order valence-corrected chi connectivity index (χ3v) is 5.13. The Hall–Kier alpha value is -2.43. The summed E-state index contributed by atoms with van der Waals surface area (Å²) in [7, 11) is 1.22. The molecule has 1 aliphatic heterocycles. The maximum Gasteiger partial charge on any atom is 0.451 e. The zero-order chi connectivity index (χ0) is 20.3. The Bertz CT molecular complexity index is 857. The highest BCUT2D eigenvalue weighted by atomic mass is 32.2. The lowest BCUT2D eigenvalue weighted by Crippen LogP contribution is -2.32. The molecule has 28 heavy (non-hydrogen) atoms. The normalized spacial score (nSPS) is 13.5. The maximum absolute atomic E-state index is 12.8. The first-order chi connectivity index (χ1) is 13.3. The molecule has 0 spiro atoms. The highest BCUT2D eigenvalue weighted by molar-refractivity contribution is 7.99. The summed E-state index contributed by atoms with van der Waals surface area (Å²) in [6.07, 6.45) is -4.59. The summed E-state index contributed by atoms with van der Waals surface area (Å²) < 4.78 is 50.2. The Morgan fingerprint density at radius 3 is 2.61 bits per heavy atom. The molecule has 1 aromatic carbocycles. The number of hydrogen-bond donors (Lipinski definition) is 0. The summed E-state index contributed by atoms with van der Waals surface area (Å²) in [4.78, 5) is 14.1. The van der Waals surface area contributed by atoms with E-state index in [-0.39, 0.29) is 16.8 Å². The maximum atomic E-state index is 12.8. The van der Waals surface area contributed by atoms with Crippen molar-refractivity contribution in [1.82, 2.24) is 19.7 Å². The van der Waals surface area contributed by atoms with Gasteiger partial charge in [-0.25, -0.2) is 0 Å². The number of fused-ring (bicyclic) bond motifs is 1. The van der Waals surface area contributed by atoms with Gasteiger partial charge in [0.2, 0.25) is 11.7 Å². The molecule has 11 heteroatoms. The highest BCUT2D eigenvalue weighted by Gasteiger charge is 2.37. The second kappa shape index (κ2) is 8.29. The Morgan fingerprint density at radius 1 is 1.25 bits per heavy atom. The molecule has 0 atom stereocenters. The minimum Gasteiger partial charge on any atom is -0.486 e. The van der Waals surface area contributed by atoms with Crippen LogP contribution in [-0.2, 0) is 24.6 Å². The number of carbonyl (C=O) groups excluding carboxylic acids is 1. The van der Waals surface area contributed by atoms with Crippen LogP contribution in [-0.4, -0.2) is 51.1 Å². The van der Waals surface area contributed by atoms with Gasteiger partial charge in [-0.15, -0.1) is 10.2 Å². The van der Waals surface area contributed by atoms with Crippen molar-refractivity contribution >= 4 is 17.7 Å². The van der Waals surface area contributed by atoms with Crippen LogP contribution < -0.4 is 9.47 Å². The smallest absolute Gasteiger partial charge is 0.451 e. The molecule has 0 saturated carbocycles. The minimum atomic E-state index is -4.59. The lowest BCUT2D eigenvalue weighted by Gasteiger charge is -2.23. The van der Waals surface area contributed by atoms with E-state index in [1.54, 1.807) is 11.0 Å². The van der Waals surface area contributed by atoms with Crippen molar-refractivity contribution in [2.24, 2.45) is 7.05 Å². The van der Waals surface area contributed by atoms with Crippen molar-refractivity contribution in [1.29, 1.82) is 0 Å². The zero-order valence-electron chi connectivity index (χ0n) is 15.3. The van der Waals surface area contributed by atoms with Crippen molar-refractivity contribution in [2.75, 3.05) is 25.5 Å². The number of thioether (sulfide) groups is 1. The molecule has 1 aromatic heterocycles. The van der Waals surface area contributed by atoms with E-state index >= 15 is 0 Å². The standard InChI is InChI=1S/C17H19F3N4O3S/c1-3-24(9-11-4-5-12-13(8-11)27-7-6-26-12)14(25)10-28-16-22-21-15(23(16)2)17(18,19)20/h4-5,8H,3,6-7,9-10H2,1-2H3. The minimum absolute atomic E-state index is 0.0380. The number of amides is 1. The summed E-state index contributed by atoms with van der Waals surface area (Å²) in [5.41, 5.74) is 0.877. The molecule has 2 heterocycles. The Morgan fingerprint density at radius 2 is 1.96 bits per heavy atom. The summed E-state index contributed by atoms with van der Waals surface area (Å²) in [5, 5.41) is 6.72. The monoisotopic (exact) mass is 416 g/mol. The van der Waals surface area contributed by atoms with Gasteiger partial charge in [0.15, 0.2) is 16.7 Å². The highest BCUT2D eigenvalue weighted by Crippen LogP contribution is 2.32. The first kappa shape index (κ1) is 20.3. The molecule has 0 saturated heterocycles. The average molecular weight is 416 g/mol. The lowest BCUT2D eigenvalue weighted by atomic mass is 10.2. The molecule has 0 radical (unpaired) electrons. The number of hydrogen-bond acceptors (Lipinski definition) is 6. The Balaban J connectivity index is 1.62. The molecule has 1 amide bonds. The van der Waals surface area contributed by atoms with E-state index in [9.17, 15) is 18.0 Å². The Labute approximate surface area is 163 Å². The second-order valence-electron chi connectivity index (χ2n) is 6.04. The van der Waals surface area contributed by atoms with E-state index in [1.165, 1.54) is 7.05 Å². The SMILES string of the molecule is CCN(Cc1ccc2c(c1)OCCO2)C(=O)CSc1nnc(C(F)(F)F)n1C. The fraction of sp³-hybridized carbons (Fsp3) is 0.471. The van der Waals surface area contributed by atoms with Gasteiger partial charge in [0.25, 0.3) is 0 Å². The molecule has 0 aliphatic carbocycles. The van der Waals surface area contributed by atoms with Gasteiger partial charge in [-0.1, -0.05) is 17.8 Å². The van der Waals surface area contributed by atoms with Crippen LogP contribution in [0.5, 0.6) is 11.5 Å². The average Bonchev–Trinajstić information content (AvgIpc) is 3.05. The third kappa shape index (κ3) is 4.51. The van der Waals surface area contributed by atoms with E-state index in [2.05, 4.69) is 10.2 Å². The van der Waals surface area contributed by atoms with Crippen LogP contribution in [0.1, 0.15) is 18.3 Å². The molecule has 1 aliphatic rings. The van der Waals surface area contributed by atoms with Crippen LogP contribution in [0.3, 0.4) is 0 Å². The number of benzene rings is 1. The molecule has 0 N–H and O–H groups in total. The number of halogens is 3. The lowest BCUT2D eigenvalue weighted by molar-refractivity contribution is -0.147. The number of carbonyl (C=O) groups is 1. The van der Waals surface area contributed by atoms with Crippen LogP contribution in [0, 0.1) is 0 Å². The first-order valence-corrected chi connectivity index (χ1v) is 9.54. The predicted molar refractivity (Wildman–Crippen MR) is 95.3 cm³/mol. The van der Waals surface area contributed by atoms with E-state index in [0.717, 1.165) is 21.9 Å². The number of aromatic nitrogens is 3. The largest absolute Gasteiger partial charge is 0.486 e. The summed E-state index contributed by atoms with van der Waals surface area (Å²) in [6.45, 7) is 3.63. The van der Waals surface area contributed by atoms with Crippen molar-refractivity contribution in [3.63, 3.8) is 0 Å². The number of nitrogens with zero attached hydrogens (tertiary/aromatic N) is 4. The van der Waals surface area contributed by atoms with E-state index in [1.807, 2.05) is 19.1 Å². The topological polar surface area (TPSA) is 69.5 Å². The van der Waals surface area contributed by atoms with Gasteiger partial charge in [0, 0.05) is 20.1 Å². The molecule has 152 valence electrons. The molecule has 0 bridgehead atoms. The Kier molecular flexibility index (Phi) is 6.01. The molecule has 0 fully saturated rings. The quantitative estimate of drug-likeness (QED) is 0.675. The second-order valence-corrected chi connectivity index (χ2v) is 6.98. The van der Waals surface area contributed by atoms with Crippen LogP contribution in [0.2, 0.25) is 0 Å². The van der Waals surface area contributed by atoms with Crippen LogP contribution >= 0.6 is 11.8 Å². The van der Waals surface area contributed by atoms with Gasteiger partial charge in [0.05, 0.1) is 5.75 Å². The van der Waals surface area contributed by atoms with Gasteiger partial charge in [-0.2, -0.15) is 13.2 Å². The van der Waals surface area contributed by atoms with Crippen LogP contribution in [0.25, 0.3) is 0 Å². The fourth-order valence-electron chi connectivity index (χ4n) is 2.69. The van der Waals surface area contributed by atoms with E-state index in [0.29, 0.717) is 37.8 Å². The third-order valence-electron chi connectivity index (χ3n) is 4.13. The van der Waals surface area contributed by atoms with Gasteiger partial charge in [-0.3, -0.25) is 4.79 Å². The summed E-state index contributed by atoms with van der Waals surface area (Å²) in [6, 6.07) is 5.49. The van der Waals surface area contributed by atoms with Crippen LogP contribution in [0.4, 0.5) is 13.2 Å². The molecular weight excluding hydrogens is 397 g/mol. The fourth-order valence-corrected chi connectivity index (χ4v) is 3.50. The number of rotatable bonds is 6. The van der Waals surface area contributed by atoms with Gasteiger partial charge in [0.1, 0.15) is 13.2 Å². The zero-order valence-corrected chi connectivity index (χ0v) is 16.1. The van der Waals surface area contributed by atoms with Gasteiger partial charge >= 0.3 is 6.18 Å². The van der Waals surface area contributed by atoms with Crippen molar-refractivity contribution in [3.8, 4) is 11.5 Å². The number of ether oxygens (including phenoxy) is 2. The first-order valence-electron chi connectivity index (χ1n) is 8.55. The molecular formula is C17H19F3N4O3S. The van der Waals surface area contributed by atoms with Gasteiger partial charge in [-0.05, 0) is 24.6 Å². The molecule has 7 nitrogen and oxygen atoms in total. The van der Waals surface area contributed by atoms with E-state index < -0.39 is 12.0 Å². The van der Waals surface area contributed by atoms with Crippen LogP contribution in [0.15, 0.2) is 23.4 Å². The summed E-state index contributed by atoms with van der Waals surface area (Å²) >= 11 is 0.923. The molecule has 2 aromatic rings. The van der Waals surface area contributed by atoms with Crippen molar-refractivity contribution in [2.45, 2.75) is 24.8 Å². The summed E-state index contributed by atoms with van der Waals surface area (Å²) in [5.74, 6) is -0.0320. The molecule has 3 rings (SSSR count). The predicted octanol–water partition coefficient (Wildman–Crippen LogP) is 2.75. The van der Waals surface area contributed by atoms with E-state index in [4.69, 9.17) is 9.47 Å². The van der Waals surface area contributed by atoms with Gasteiger partial charge < -0.3 is 18.9 Å². The van der Waals surface area contributed by atoms with Crippen molar-refractivity contribution in [3.05, 3.63) is 29.6 Å². The molecule has 0 unspecified atom stereocenters. The van der Waals surface area contributed by atoms with Crippen molar-refractivity contribution < 1.29 is 27.4 Å². The number of alkyl halides is 3.